The maximum absolute atomic E-state index is 9.31. The highest BCUT2D eigenvalue weighted by molar-refractivity contribution is 4.68. The molecule has 0 aliphatic rings. The zero-order valence-corrected chi connectivity index (χ0v) is 8.64. The van der Waals surface area contributed by atoms with Crippen LogP contribution in [0.1, 0.15) is 20.3 Å². The molecule has 4 heteroatoms. The van der Waals surface area contributed by atoms with Gasteiger partial charge in [0.25, 0.3) is 0 Å². The van der Waals surface area contributed by atoms with Crippen LogP contribution in [0.5, 0.6) is 0 Å². The van der Waals surface area contributed by atoms with Crippen LogP contribution < -0.4 is 0 Å². The molecule has 0 amide bonds. The lowest BCUT2D eigenvalue weighted by Crippen LogP contribution is -2.35. The molecule has 0 radical (unpaired) electrons. The average Bonchev–Trinajstić information content (AvgIpc) is 2.11. The van der Waals surface area contributed by atoms with E-state index in [0.717, 1.165) is 6.54 Å². The minimum absolute atomic E-state index is 0.382. The summed E-state index contributed by atoms with van der Waals surface area (Å²) in [5, 5.41) is 26.9. The third-order valence-electron chi connectivity index (χ3n) is 2.29. The molecule has 4 nitrogen and oxygen atoms in total. The summed E-state index contributed by atoms with van der Waals surface area (Å²) in [7, 11) is 1.96. The molecule has 3 N–H and O–H groups in total. The Balaban J connectivity index is 3.63. The van der Waals surface area contributed by atoms with Crippen LogP contribution in [0.25, 0.3) is 0 Å². The fourth-order valence-corrected chi connectivity index (χ4v) is 0.908. The van der Waals surface area contributed by atoms with Gasteiger partial charge in [0, 0.05) is 12.6 Å². The molecule has 13 heavy (non-hydrogen) atoms. The molecule has 0 saturated carbocycles. The van der Waals surface area contributed by atoms with E-state index in [4.69, 9.17) is 10.2 Å². The number of rotatable bonds is 6. The Bertz CT molecular complexity index is 130. The molecule has 0 bridgehead atoms. The average molecular weight is 191 g/mol. The molecule has 0 heterocycles. The van der Waals surface area contributed by atoms with Gasteiger partial charge in [-0.25, -0.2) is 0 Å². The first-order chi connectivity index (χ1) is 5.99. The molecule has 2 atom stereocenters. The minimum Gasteiger partial charge on any atom is -0.394 e. The zero-order chi connectivity index (χ0) is 10.4. The topological polar surface area (TPSA) is 63.9 Å². The molecule has 0 aromatic rings. The van der Waals surface area contributed by atoms with E-state index < -0.39 is 12.2 Å². The van der Waals surface area contributed by atoms with E-state index in [1.54, 1.807) is 0 Å². The summed E-state index contributed by atoms with van der Waals surface area (Å²) in [6.07, 6.45) is -1.36. The van der Waals surface area contributed by atoms with Crippen LogP contribution in [0.15, 0.2) is 0 Å². The molecule has 0 aromatic heterocycles. The second-order valence-electron chi connectivity index (χ2n) is 3.68. The lowest BCUT2D eigenvalue weighted by Gasteiger charge is -2.23. The van der Waals surface area contributed by atoms with Crippen LogP contribution in [0.2, 0.25) is 0 Å². The number of nitrogens with zero attached hydrogens (tertiary/aromatic N) is 1. The van der Waals surface area contributed by atoms with Gasteiger partial charge >= 0.3 is 0 Å². The molecule has 0 aliphatic carbocycles. The Hall–Kier alpha value is -0.160. The van der Waals surface area contributed by atoms with Crippen LogP contribution in [-0.2, 0) is 0 Å². The highest BCUT2D eigenvalue weighted by Gasteiger charge is 2.15. The first-order valence-electron chi connectivity index (χ1n) is 4.66. The van der Waals surface area contributed by atoms with Gasteiger partial charge in [0.05, 0.1) is 12.7 Å². The van der Waals surface area contributed by atoms with Crippen LogP contribution in [0.3, 0.4) is 0 Å². The third-order valence-corrected chi connectivity index (χ3v) is 2.29. The highest BCUT2D eigenvalue weighted by atomic mass is 16.4. The van der Waals surface area contributed by atoms with E-state index >= 15 is 0 Å². The quantitative estimate of drug-likeness (QED) is 0.526. The first kappa shape index (κ1) is 12.8. The molecule has 0 aromatic carbocycles. The molecular weight excluding hydrogens is 170 g/mol. The van der Waals surface area contributed by atoms with Gasteiger partial charge in [-0.2, -0.15) is 0 Å². The predicted octanol–water partition coefficient (Wildman–Crippen LogP) is -0.569. The summed E-state index contributed by atoms with van der Waals surface area (Å²) in [4.78, 5) is 2.08. The van der Waals surface area contributed by atoms with Crippen molar-refractivity contribution in [2.45, 2.75) is 38.5 Å². The Morgan fingerprint density at radius 2 is 1.69 bits per heavy atom. The SMILES string of the molecule is CC(C)N(C)CC[C@H](O)[C@H](O)CO. The fraction of sp³-hybridized carbons (Fsp3) is 1.00. The van der Waals surface area contributed by atoms with Crippen molar-refractivity contribution in [2.24, 2.45) is 0 Å². The standard InChI is InChI=1S/C9H21NO3/c1-7(2)10(3)5-4-8(12)9(13)6-11/h7-9,11-13H,4-6H2,1-3H3/t8-,9+/m0/s1. The molecule has 80 valence electrons. The zero-order valence-electron chi connectivity index (χ0n) is 8.64. The summed E-state index contributed by atoms with van der Waals surface area (Å²) in [5.41, 5.74) is 0. The van der Waals surface area contributed by atoms with Gasteiger partial charge in [-0.1, -0.05) is 0 Å². The van der Waals surface area contributed by atoms with Crippen molar-refractivity contribution in [3.63, 3.8) is 0 Å². The largest absolute Gasteiger partial charge is 0.394 e. The van der Waals surface area contributed by atoms with Gasteiger partial charge in [-0.05, 0) is 27.3 Å². The summed E-state index contributed by atoms with van der Waals surface area (Å²) in [5.74, 6) is 0. The second-order valence-corrected chi connectivity index (χ2v) is 3.68. The van der Waals surface area contributed by atoms with Crippen molar-refractivity contribution in [3.8, 4) is 0 Å². The number of hydrogen-bond acceptors (Lipinski definition) is 4. The Labute approximate surface area is 79.8 Å². The van der Waals surface area contributed by atoms with Crippen LogP contribution in [-0.4, -0.2) is 58.7 Å². The second kappa shape index (κ2) is 6.32. The lowest BCUT2D eigenvalue weighted by molar-refractivity contribution is -0.0213. The summed E-state index contributed by atoms with van der Waals surface area (Å²) in [6, 6.07) is 0.429. The number of aliphatic hydroxyl groups excluding tert-OH is 3. The monoisotopic (exact) mass is 191 g/mol. The highest BCUT2D eigenvalue weighted by Crippen LogP contribution is 2.02. The van der Waals surface area contributed by atoms with Crippen molar-refractivity contribution in [1.82, 2.24) is 4.90 Å². The van der Waals surface area contributed by atoms with Gasteiger partial charge < -0.3 is 20.2 Å². The molecule has 0 aliphatic heterocycles. The van der Waals surface area contributed by atoms with Gasteiger partial charge in [0.1, 0.15) is 6.10 Å². The number of aliphatic hydroxyl groups is 3. The lowest BCUT2D eigenvalue weighted by atomic mass is 10.1. The number of hydrogen-bond donors (Lipinski definition) is 3. The maximum atomic E-state index is 9.31. The van der Waals surface area contributed by atoms with Crippen molar-refractivity contribution >= 4 is 0 Å². The van der Waals surface area contributed by atoms with E-state index in [2.05, 4.69) is 18.7 Å². The fourth-order valence-electron chi connectivity index (χ4n) is 0.908. The summed E-state index contributed by atoms with van der Waals surface area (Å²) >= 11 is 0. The molecule has 0 fully saturated rings. The van der Waals surface area contributed by atoms with Gasteiger partial charge in [-0.3, -0.25) is 0 Å². The molecular formula is C9H21NO3. The summed E-state index contributed by atoms with van der Waals surface area (Å²) in [6.45, 7) is 4.46. The molecule has 0 saturated heterocycles. The van der Waals surface area contributed by atoms with Gasteiger partial charge in [0.2, 0.25) is 0 Å². The van der Waals surface area contributed by atoms with Gasteiger partial charge in [-0.15, -0.1) is 0 Å². The van der Waals surface area contributed by atoms with Crippen molar-refractivity contribution in [3.05, 3.63) is 0 Å². The molecule has 0 rings (SSSR count). The molecule has 0 spiro atoms. The van der Waals surface area contributed by atoms with Crippen molar-refractivity contribution < 1.29 is 15.3 Å². The van der Waals surface area contributed by atoms with Crippen LogP contribution >= 0.6 is 0 Å². The van der Waals surface area contributed by atoms with Crippen LogP contribution in [0.4, 0.5) is 0 Å². The maximum Gasteiger partial charge on any atom is 0.103 e. The smallest absolute Gasteiger partial charge is 0.103 e. The predicted molar refractivity (Wildman–Crippen MR) is 51.5 cm³/mol. The van der Waals surface area contributed by atoms with E-state index in [0.29, 0.717) is 12.5 Å². The van der Waals surface area contributed by atoms with Gasteiger partial charge in [0.15, 0.2) is 0 Å². The van der Waals surface area contributed by atoms with Crippen molar-refractivity contribution in [2.75, 3.05) is 20.2 Å². The Morgan fingerprint density at radius 3 is 2.08 bits per heavy atom. The first-order valence-corrected chi connectivity index (χ1v) is 4.66. The van der Waals surface area contributed by atoms with Crippen LogP contribution in [0, 0.1) is 0 Å². The van der Waals surface area contributed by atoms with Crippen molar-refractivity contribution in [1.29, 1.82) is 0 Å². The minimum atomic E-state index is -1.01. The van der Waals surface area contributed by atoms with E-state index in [-0.39, 0.29) is 6.61 Å². The Morgan fingerprint density at radius 1 is 1.15 bits per heavy atom. The normalized spacial score (nSPS) is 16.6. The Kier molecular flexibility index (Phi) is 6.24. The van der Waals surface area contributed by atoms with E-state index in [9.17, 15) is 5.11 Å². The summed E-state index contributed by atoms with van der Waals surface area (Å²) < 4.78 is 0. The molecule has 0 unspecified atom stereocenters. The van der Waals surface area contributed by atoms with E-state index in [1.165, 1.54) is 0 Å². The third kappa shape index (κ3) is 5.21. The van der Waals surface area contributed by atoms with E-state index in [1.807, 2.05) is 7.05 Å².